The summed E-state index contributed by atoms with van der Waals surface area (Å²) in [5, 5.41) is 0. The van der Waals surface area contributed by atoms with Crippen LogP contribution in [0.2, 0.25) is 0 Å². The van der Waals surface area contributed by atoms with Crippen molar-refractivity contribution in [3.05, 3.63) is 53.6 Å². The molecule has 1 aromatic carbocycles. The van der Waals surface area contributed by atoms with Crippen molar-refractivity contribution in [1.29, 1.82) is 0 Å². The highest BCUT2D eigenvalue weighted by molar-refractivity contribution is 5.25. The number of hydrogen-bond donors (Lipinski definition) is 0. The molecule has 0 spiro atoms. The molecule has 6 heteroatoms. The molecule has 3 nitrogen and oxygen atoms in total. The average molecular weight is 311 g/mol. The van der Waals surface area contributed by atoms with E-state index in [-0.39, 0.29) is 0 Å². The topological polar surface area (TPSA) is 21.1 Å². The van der Waals surface area contributed by atoms with Crippen LogP contribution in [-0.2, 0) is 19.3 Å². The lowest BCUT2D eigenvalue weighted by Crippen LogP contribution is -2.21. The monoisotopic (exact) mass is 311 g/mol. The largest absolute Gasteiger partial charge is 0.416 e. The van der Waals surface area contributed by atoms with Crippen molar-refractivity contribution in [3.8, 4) is 0 Å². The third kappa shape index (κ3) is 4.10. The van der Waals surface area contributed by atoms with Crippen LogP contribution in [0.5, 0.6) is 0 Å². The Morgan fingerprint density at radius 1 is 1.23 bits per heavy atom. The number of rotatable bonds is 5. The van der Waals surface area contributed by atoms with Gasteiger partial charge in [-0.3, -0.25) is 4.90 Å². The van der Waals surface area contributed by atoms with Crippen molar-refractivity contribution in [3.63, 3.8) is 0 Å². The first-order valence-electron chi connectivity index (χ1n) is 7.13. The number of halogens is 3. The molecule has 2 aromatic rings. The third-order valence-electron chi connectivity index (χ3n) is 3.42. The van der Waals surface area contributed by atoms with Crippen LogP contribution in [-0.4, -0.2) is 21.5 Å². The Balaban J connectivity index is 2.06. The maximum atomic E-state index is 12.7. The van der Waals surface area contributed by atoms with Gasteiger partial charge in [0.05, 0.1) is 12.1 Å². The van der Waals surface area contributed by atoms with Crippen molar-refractivity contribution < 1.29 is 13.2 Å². The molecule has 0 saturated heterocycles. The van der Waals surface area contributed by atoms with E-state index in [4.69, 9.17) is 0 Å². The molecule has 0 fully saturated rings. The van der Waals surface area contributed by atoms with Crippen molar-refractivity contribution in [2.75, 3.05) is 7.05 Å². The van der Waals surface area contributed by atoms with Crippen LogP contribution in [0.1, 0.15) is 36.8 Å². The Bertz CT molecular complexity index is 617. The first-order chi connectivity index (χ1) is 10.3. The van der Waals surface area contributed by atoms with E-state index in [9.17, 15) is 13.2 Å². The van der Waals surface area contributed by atoms with E-state index in [1.54, 1.807) is 12.3 Å². The second-order valence-corrected chi connectivity index (χ2v) is 5.71. The van der Waals surface area contributed by atoms with Gasteiger partial charge in [0.2, 0.25) is 0 Å². The molecule has 0 atom stereocenters. The molecule has 0 saturated carbocycles. The maximum absolute atomic E-state index is 12.7. The summed E-state index contributed by atoms with van der Waals surface area (Å²) in [7, 11) is 1.87. The number of benzene rings is 1. The van der Waals surface area contributed by atoms with Gasteiger partial charge in [-0.05, 0) is 32.5 Å². The summed E-state index contributed by atoms with van der Waals surface area (Å²) in [5.74, 6) is 0.907. The lowest BCUT2D eigenvalue weighted by atomic mass is 10.1. The third-order valence-corrected chi connectivity index (χ3v) is 3.42. The quantitative estimate of drug-likeness (QED) is 0.828. The fourth-order valence-corrected chi connectivity index (χ4v) is 2.39. The summed E-state index contributed by atoms with van der Waals surface area (Å²) in [6, 6.07) is 5.75. The van der Waals surface area contributed by atoms with Gasteiger partial charge in [-0.1, -0.05) is 18.2 Å². The van der Waals surface area contributed by atoms with Crippen molar-refractivity contribution >= 4 is 0 Å². The van der Waals surface area contributed by atoms with Gasteiger partial charge in [0, 0.05) is 25.0 Å². The second kappa shape index (κ2) is 6.52. The molecule has 0 bridgehead atoms. The van der Waals surface area contributed by atoms with Crippen LogP contribution in [0, 0.1) is 0 Å². The Morgan fingerprint density at radius 3 is 2.59 bits per heavy atom. The van der Waals surface area contributed by atoms with Crippen LogP contribution >= 0.6 is 0 Å². The smallest absolute Gasteiger partial charge is 0.331 e. The molecule has 0 radical (unpaired) electrons. The summed E-state index contributed by atoms with van der Waals surface area (Å²) in [4.78, 5) is 6.27. The molecule has 120 valence electrons. The zero-order valence-corrected chi connectivity index (χ0v) is 12.9. The summed E-state index contributed by atoms with van der Waals surface area (Å²) < 4.78 is 40.2. The van der Waals surface area contributed by atoms with E-state index in [2.05, 4.69) is 23.4 Å². The lowest BCUT2D eigenvalue weighted by molar-refractivity contribution is -0.137. The van der Waals surface area contributed by atoms with Crippen LogP contribution < -0.4 is 0 Å². The summed E-state index contributed by atoms with van der Waals surface area (Å²) in [5.41, 5.74) is 0.0297. The van der Waals surface area contributed by atoms with Crippen LogP contribution in [0.3, 0.4) is 0 Å². The van der Waals surface area contributed by atoms with Gasteiger partial charge in [0.15, 0.2) is 0 Å². The van der Waals surface area contributed by atoms with E-state index >= 15 is 0 Å². The number of hydrogen-bond acceptors (Lipinski definition) is 2. The van der Waals surface area contributed by atoms with Gasteiger partial charge in [0.25, 0.3) is 0 Å². The molecule has 2 rings (SSSR count). The minimum Gasteiger partial charge on any atom is -0.331 e. The Kier molecular flexibility index (Phi) is 4.90. The summed E-state index contributed by atoms with van der Waals surface area (Å²) in [6.45, 7) is 5.16. The second-order valence-electron chi connectivity index (χ2n) is 5.71. The molecule has 22 heavy (non-hydrogen) atoms. The van der Waals surface area contributed by atoms with Gasteiger partial charge in [-0.25, -0.2) is 4.98 Å². The summed E-state index contributed by atoms with van der Waals surface area (Å²) >= 11 is 0. The number of aromatic nitrogens is 2. The predicted molar refractivity (Wildman–Crippen MR) is 79.2 cm³/mol. The Labute approximate surface area is 128 Å². The minimum atomic E-state index is -4.30. The van der Waals surface area contributed by atoms with Crippen LogP contribution in [0.25, 0.3) is 0 Å². The number of imidazole rings is 1. The molecule has 0 aliphatic heterocycles. The fraction of sp³-hybridized carbons (Fsp3) is 0.438. The molecular weight excluding hydrogens is 291 g/mol. The molecule has 0 amide bonds. The average Bonchev–Trinajstić information content (AvgIpc) is 2.86. The molecule has 0 unspecified atom stereocenters. The SMILES string of the molecule is CC(C)n1ccnc1CN(C)Cc1cccc(C(F)(F)F)c1. The first kappa shape index (κ1) is 16.5. The van der Waals surface area contributed by atoms with Crippen molar-refractivity contribution in [2.45, 2.75) is 39.2 Å². The number of nitrogens with zero attached hydrogens (tertiary/aromatic N) is 3. The molecule has 0 aliphatic rings. The maximum Gasteiger partial charge on any atom is 0.416 e. The van der Waals surface area contributed by atoms with Gasteiger partial charge in [0.1, 0.15) is 5.82 Å². The minimum absolute atomic E-state index is 0.305. The van der Waals surface area contributed by atoms with Gasteiger partial charge < -0.3 is 4.57 Å². The van der Waals surface area contributed by atoms with E-state index < -0.39 is 11.7 Å². The molecule has 1 heterocycles. The van der Waals surface area contributed by atoms with E-state index in [1.165, 1.54) is 12.1 Å². The zero-order chi connectivity index (χ0) is 16.3. The van der Waals surface area contributed by atoms with Gasteiger partial charge >= 0.3 is 6.18 Å². The normalized spacial score (nSPS) is 12.4. The summed E-state index contributed by atoms with van der Waals surface area (Å²) in [6.07, 6.45) is -0.645. The molecular formula is C16H20F3N3. The van der Waals surface area contributed by atoms with Crippen LogP contribution in [0.4, 0.5) is 13.2 Å². The first-order valence-corrected chi connectivity index (χ1v) is 7.13. The van der Waals surface area contributed by atoms with Crippen LogP contribution in [0.15, 0.2) is 36.7 Å². The number of alkyl halides is 3. The highest BCUT2D eigenvalue weighted by Gasteiger charge is 2.30. The standard InChI is InChI=1S/C16H20F3N3/c1-12(2)22-8-7-20-15(22)11-21(3)10-13-5-4-6-14(9-13)16(17,18)19/h4-9,12H,10-11H2,1-3H3. The molecule has 0 N–H and O–H groups in total. The van der Waals surface area contributed by atoms with Gasteiger partial charge in [-0.2, -0.15) is 13.2 Å². The highest BCUT2D eigenvalue weighted by Crippen LogP contribution is 2.29. The predicted octanol–water partition coefficient (Wildman–Crippen LogP) is 4.11. The van der Waals surface area contributed by atoms with E-state index in [0.717, 1.165) is 11.9 Å². The van der Waals surface area contributed by atoms with E-state index in [0.29, 0.717) is 24.7 Å². The molecule has 0 aliphatic carbocycles. The highest BCUT2D eigenvalue weighted by atomic mass is 19.4. The molecule has 1 aromatic heterocycles. The fourth-order valence-electron chi connectivity index (χ4n) is 2.39. The van der Waals surface area contributed by atoms with Crippen molar-refractivity contribution in [2.24, 2.45) is 0 Å². The zero-order valence-electron chi connectivity index (χ0n) is 12.9. The Hall–Kier alpha value is -1.82. The van der Waals surface area contributed by atoms with Gasteiger partial charge in [-0.15, -0.1) is 0 Å². The van der Waals surface area contributed by atoms with Crippen molar-refractivity contribution in [1.82, 2.24) is 14.5 Å². The lowest BCUT2D eigenvalue weighted by Gasteiger charge is -2.19. The Morgan fingerprint density at radius 2 is 1.95 bits per heavy atom. The van der Waals surface area contributed by atoms with E-state index in [1.807, 2.05) is 18.1 Å².